The van der Waals surface area contributed by atoms with E-state index >= 15 is 0 Å². The average Bonchev–Trinajstić information content (AvgIpc) is 2.97. The molecule has 2 aromatic heterocycles. The van der Waals surface area contributed by atoms with Gasteiger partial charge in [-0.3, -0.25) is 0 Å². The van der Waals surface area contributed by atoms with Gasteiger partial charge < -0.3 is 5.11 Å². The van der Waals surface area contributed by atoms with Gasteiger partial charge >= 0.3 is 6.18 Å². The molecule has 0 aliphatic rings. The van der Waals surface area contributed by atoms with Gasteiger partial charge in [0.05, 0.1) is 0 Å². The van der Waals surface area contributed by atoms with Crippen molar-refractivity contribution in [2.45, 2.75) is 18.2 Å². The zero-order valence-electron chi connectivity index (χ0n) is 13.1. The van der Waals surface area contributed by atoms with Gasteiger partial charge in [-0.25, -0.2) is 4.98 Å². The summed E-state index contributed by atoms with van der Waals surface area (Å²) < 4.78 is 41.2. The highest BCUT2D eigenvalue weighted by Gasteiger charge is 2.55. The molecule has 1 atom stereocenters. The zero-order chi connectivity index (χ0) is 19.1. The van der Waals surface area contributed by atoms with Crippen molar-refractivity contribution < 1.29 is 18.3 Å². The smallest absolute Gasteiger partial charge is 0.376 e. The molecule has 136 valence electrons. The van der Waals surface area contributed by atoms with Crippen molar-refractivity contribution in [3.8, 4) is 0 Å². The normalized spacial score (nSPS) is 14.4. The van der Waals surface area contributed by atoms with Gasteiger partial charge in [0.15, 0.2) is 5.60 Å². The Morgan fingerprint density at radius 1 is 1.15 bits per heavy atom. The Hall–Kier alpha value is -1.60. The zero-order valence-corrected chi connectivity index (χ0v) is 15.5. The third kappa shape index (κ3) is 3.60. The molecular weight excluding hydrogens is 406 g/mol. The summed E-state index contributed by atoms with van der Waals surface area (Å²) in [5, 5.41) is 11.4. The summed E-state index contributed by atoms with van der Waals surface area (Å²) in [6.45, 7) is 3.75. The molecule has 2 nitrogen and oxygen atoms in total. The van der Waals surface area contributed by atoms with Crippen LogP contribution in [0.1, 0.15) is 16.9 Å². The molecule has 3 rings (SSSR count). The van der Waals surface area contributed by atoms with Gasteiger partial charge in [0, 0.05) is 32.9 Å². The molecule has 1 unspecified atom stereocenters. The Morgan fingerprint density at radius 2 is 1.81 bits per heavy atom. The fourth-order valence-electron chi connectivity index (χ4n) is 2.60. The van der Waals surface area contributed by atoms with Crippen molar-refractivity contribution in [3.63, 3.8) is 0 Å². The molecule has 8 heteroatoms. The van der Waals surface area contributed by atoms with Crippen molar-refractivity contribution in [3.05, 3.63) is 69.7 Å². The number of halogens is 5. The van der Waals surface area contributed by atoms with E-state index < -0.39 is 23.8 Å². The van der Waals surface area contributed by atoms with Crippen LogP contribution in [0, 0.1) is 0 Å². The van der Waals surface area contributed by atoms with Crippen LogP contribution in [0.25, 0.3) is 15.8 Å². The molecule has 3 aromatic rings. The molecule has 0 aliphatic carbocycles. The summed E-state index contributed by atoms with van der Waals surface area (Å²) in [7, 11) is 0. The summed E-state index contributed by atoms with van der Waals surface area (Å²) in [6, 6.07) is 8.66. The van der Waals surface area contributed by atoms with Gasteiger partial charge in [-0.2, -0.15) is 13.2 Å². The van der Waals surface area contributed by atoms with Crippen molar-refractivity contribution in [2.24, 2.45) is 0 Å². The lowest BCUT2D eigenvalue weighted by Gasteiger charge is -2.32. The largest absolute Gasteiger partial charge is 0.421 e. The Balaban J connectivity index is 2.02. The highest BCUT2D eigenvalue weighted by atomic mass is 35.5. The Labute approximate surface area is 161 Å². The minimum atomic E-state index is -4.95. The van der Waals surface area contributed by atoms with Crippen LogP contribution in [0.3, 0.4) is 0 Å². The Morgan fingerprint density at radius 3 is 2.38 bits per heavy atom. The number of nitrogens with zero attached hydrogens (tertiary/aromatic N) is 1. The molecule has 0 saturated carbocycles. The van der Waals surface area contributed by atoms with E-state index in [-0.39, 0.29) is 15.6 Å². The number of fused-ring (bicyclic) bond motifs is 1. The maximum Gasteiger partial charge on any atom is 0.421 e. The number of hydrogen-bond acceptors (Lipinski definition) is 3. The minimum absolute atomic E-state index is 0.00634. The Kier molecular flexibility index (Phi) is 5.05. The van der Waals surface area contributed by atoms with E-state index in [0.29, 0.717) is 9.71 Å². The number of aliphatic hydroxyl groups is 1. The van der Waals surface area contributed by atoms with Crippen molar-refractivity contribution in [2.75, 3.05) is 0 Å². The van der Waals surface area contributed by atoms with Crippen LogP contribution in [0.4, 0.5) is 13.2 Å². The number of rotatable bonds is 4. The second kappa shape index (κ2) is 6.85. The van der Waals surface area contributed by atoms with Gasteiger partial charge in [0.2, 0.25) is 0 Å². The predicted molar refractivity (Wildman–Crippen MR) is 99.7 cm³/mol. The molecule has 0 radical (unpaired) electrons. The summed E-state index contributed by atoms with van der Waals surface area (Å²) in [5.41, 5.74) is -3.45. The second-order valence-corrected chi connectivity index (χ2v) is 7.71. The van der Waals surface area contributed by atoms with Crippen LogP contribution >= 0.6 is 34.5 Å². The van der Waals surface area contributed by atoms with Crippen LogP contribution in [-0.4, -0.2) is 16.3 Å². The van der Waals surface area contributed by atoms with E-state index in [9.17, 15) is 18.3 Å². The topological polar surface area (TPSA) is 33.1 Å². The van der Waals surface area contributed by atoms with E-state index in [0.717, 1.165) is 17.5 Å². The number of alkyl halides is 3. The van der Waals surface area contributed by atoms with Gasteiger partial charge in [-0.15, -0.1) is 11.3 Å². The summed E-state index contributed by atoms with van der Waals surface area (Å²) in [4.78, 5) is 5.38. The summed E-state index contributed by atoms with van der Waals surface area (Å²) >= 11 is 12.9. The maximum absolute atomic E-state index is 13.7. The number of thiophene rings is 1. The first-order chi connectivity index (χ1) is 12.1. The van der Waals surface area contributed by atoms with Gasteiger partial charge in [0.25, 0.3) is 0 Å². The van der Waals surface area contributed by atoms with Crippen molar-refractivity contribution >= 4 is 50.3 Å². The van der Waals surface area contributed by atoms with Crippen LogP contribution in [0.5, 0.6) is 0 Å². The molecule has 0 aliphatic heterocycles. The molecule has 2 heterocycles. The molecule has 26 heavy (non-hydrogen) atoms. The first-order valence-corrected chi connectivity index (χ1v) is 8.96. The molecule has 0 spiro atoms. The van der Waals surface area contributed by atoms with E-state index in [1.54, 1.807) is 18.3 Å². The van der Waals surface area contributed by atoms with Crippen molar-refractivity contribution in [1.82, 2.24) is 4.98 Å². The highest BCUT2D eigenvalue weighted by molar-refractivity contribution is 7.19. The maximum atomic E-state index is 13.7. The van der Waals surface area contributed by atoms with E-state index in [2.05, 4.69) is 11.6 Å². The number of benzene rings is 1. The second-order valence-electron chi connectivity index (χ2n) is 5.80. The first-order valence-electron chi connectivity index (χ1n) is 7.38. The molecule has 1 N–H and O–H groups in total. The lowest BCUT2D eigenvalue weighted by atomic mass is 9.86. The molecule has 0 amide bonds. The minimum Gasteiger partial charge on any atom is -0.376 e. The van der Waals surface area contributed by atoms with E-state index in [1.165, 1.54) is 17.4 Å². The van der Waals surface area contributed by atoms with Crippen LogP contribution in [-0.2, 0) is 5.60 Å². The van der Waals surface area contributed by atoms with Crippen LogP contribution in [0.2, 0.25) is 10.0 Å². The summed E-state index contributed by atoms with van der Waals surface area (Å²) in [6.07, 6.45) is -4.09. The van der Waals surface area contributed by atoms with Crippen molar-refractivity contribution in [1.29, 1.82) is 0 Å². The fourth-order valence-corrected chi connectivity index (χ4v) is 4.10. The average molecular weight is 418 g/mol. The van der Waals surface area contributed by atoms with Gasteiger partial charge in [-0.1, -0.05) is 35.8 Å². The van der Waals surface area contributed by atoms with E-state index in [4.69, 9.17) is 23.2 Å². The lowest BCUT2D eigenvalue weighted by molar-refractivity contribution is -0.264. The molecule has 1 aromatic carbocycles. The van der Waals surface area contributed by atoms with Crippen LogP contribution < -0.4 is 0 Å². The monoisotopic (exact) mass is 417 g/mol. The predicted octanol–water partition coefficient (Wildman–Crippen LogP) is 6.46. The van der Waals surface area contributed by atoms with Gasteiger partial charge in [-0.05, 0) is 41.5 Å². The van der Waals surface area contributed by atoms with Crippen LogP contribution in [0.15, 0.2) is 49.2 Å². The SMILES string of the molecule is C=C(CC(O)(c1cc(Cl)cc(Cl)c1)C(F)(F)F)c1cc2cccnc2s1. The fraction of sp³-hybridized carbons (Fsp3) is 0.167. The molecule has 0 bridgehead atoms. The van der Waals surface area contributed by atoms with Gasteiger partial charge in [0.1, 0.15) is 4.83 Å². The number of aromatic nitrogens is 1. The molecule has 0 fully saturated rings. The third-order valence-electron chi connectivity index (χ3n) is 3.92. The number of hydrogen-bond donors (Lipinski definition) is 1. The highest BCUT2D eigenvalue weighted by Crippen LogP contribution is 2.46. The molecule has 0 saturated heterocycles. The third-order valence-corrected chi connectivity index (χ3v) is 5.52. The number of pyridine rings is 1. The van der Waals surface area contributed by atoms with E-state index in [1.807, 2.05) is 6.07 Å². The lowest BCUT2D eigenvalue weighted by Crippen LogP contribution is -2.42. The quantitative estimate of drug-likeness (QED) is 0.528. The standard InChI is InChI=1S/C18H12Cl2F3NOS/c1-10(15-5-11-3-2-4-24-16(11)26-15)9-17(25,18(21,22)23)12-6-13(19)8-14(20)7-12/h2-8,25H,1,9H2. The first kappa shape index (κ1) is 19.2. The Bertz CT molecular complexity index is 933. The summed E-state index contributed by atoms with van der Waals surface area (Å²) in [5.74, 6) is 0. The molecular formula is C18H12Cl2F3NOS.